The number of tetrazole rings is 1. The van der Waals surface area contributed by atoms with Gasteiger partial charge in [0.2, 0.25) is 0 Å². The highest BCUT2D eigenvalue weighted by atomic mass is 15.6. The summed E-state index contributed by atoms with van der Waals surface area (Å²) >= 11 is 0. The maximum absolute atomic E-state index is 5.88. The molecule has 0 amide bonds. The molecule has 0 fully saturated rings. The van der Waals surface area contributed by atoms with Crippen LogP contribution in [0.15, 0.2) is 12.5 Å². The highest BCUT2D eigenvalue weighted by Gasteiger charge is 2.06. The predicted molar refractivity (Wildman–Crippen MR) is 62.1 cm³/mol. The van der Waals surface area contributed by atoms with Crippen molar-refractivity contribution in [2.45, 2.75) is 32.4 Å². The van der Waals surface area contributed by atoms with Gasteiger partial charge in [-0.3, -0.25) is 0 Å². The van der Waals surface area contributed by atoms with E-state index in [-0.39, 0.29) is 6.04 Å². The molecule has 0 aliphatic carbocycles. The molecule has 0 aliphatic rings. The molecule has 2 aromatic rings. The molecule has 0 saturated carbocycles. The zero-order valence-corrected chi connectivity index (χ0v) is 10.1. The Morgan fingerprint density at radius 2 is 2.29 bits per heavy atom. The SMILES string of the molecule is CCC(N)Cc1cn(Cc2nnn(C)n2)cn1. The topological polar surface area (TPSA) is 87.4 Å². The maximum atomic E-state index is 5.88. The Hall–Kier alpha value is -1.76. The van der Waals surface area contributed by atoms with Crippen molar-refractivity contribution in [1.29, 1.82) is 0 Å². The van der Waals surface area contributed by atoms with E-state index in [0.29, 0.717) is 12.4 Å². The molecule has 1 unspecified atom stereocenters. The first kappa shape index (κ1) is 11.7. The summed E-state index contributed by atoms with van der Waals surface area (Å²) in [7, 11) is 1.75. The number of hydrogen-bond acceptors (Lipinski definition) is 5. The lowest BCUT2D eigenvalue weighted by Crippen LogP contribution is -2.21. The van der Waals surface area contributed by atoms with Crippen LogP contribution in [-0.2, 0) is 20.0 Å². The van der Waals surface area contributed by atoms with Gasteiger partial charge in [-0.2, -0.15) is 4.80 Å². The molecule has 2 aromatic heterocycles. The van der Waals surface area contributed by atoms with E-state index >= 15 is 0 Å². The van der Waals surface area contributed by atoms with Crippen LogP contribution in [0.4, 0.5) is 0 Å². The molecule has 7 heteroatoms. The zero-order valence-electron chi connectivity index (χ0n) is 10.1. The van der Waals surface area contributed by atoms with E-state index in [2.05, 4.69) is 27.3 Å². The summed E-state index contributed by atoms with van der Waals surface area (Å²) in [5.41, 5.74) is 6.89. The lowest BCUT2D eigenvalue weighted by atomic mass is 10.1. The molecule has 0 saturated heterocycles. The molecule has 1 atom stereocenters. The molecule has 0 radical (unpaired) electrons. The van der Waals surface area contributed by atoms with Crippen molar-refractivity contribution >= 4 is 0 Å². The van der Waals surface area contributed by atoms with Gasteiger partial charge in [-0.05, 0) is 11.6 Å². The van der Waals surface area contributed by atoms with Crippen molar-refractivity contribution in [3.8, 4) is 0 Å². The van der Waals surface area contributed by atoms with E-state index in [1.54, 1.807) is 13.4 Å². The Balaban J connectivity index is 1.98. The van der Waals surface area contributed by atoms with Crippen LogP contribution in [0.3, 0.4) is 0 Å². The van der Waals surface area contributed by atoms with Gasteiger partial charge in [0.25, 0.3) is 0 Å². The molecule has 2 heterocycles. The molecule has 0 aromatic carbocycles. The second kappa shape index (κ2) is 5.05. The van der Waals surface area contributed by atoms with Gasteiger partial charge in [-0.15, -0.1) is 10.2 Å². The van der Waals surface area contributed by atoms with Gasteiger partial charge in [-0.25, -0.2) is 4.98 Å². The molecule has 2 N–H and O–H groups in total. The van der Waals surface area contributed by atoms with Crippen molar-refractivity contribution in [2.24, 2.45) is 12.8 Å². The van der Waals surface area contributed by atoms with Gasteiger partial charge >= 0.3 is 0 Å². The van der Waals surface area contributed by atoms with E-state index in [4.69, 9.17) is 5.73 Å². The third-order valence-corrected chi connectivity index (χ3v) is 2.56. The van der Waals surface area contributed by atoms with Crippen molar-refractivity contribution in [2.75, 3.05) is 0 Å². The predicted octanol–water partition coefficient (Wildman–Crippen LogP) is -0.265. The Morgan fingerprint density at radius 1 is 1.47 bits per heavy atom. The normalized spacial score (nSPS) is 12.9. The zero-order chi connectivity index (χ0) is 12.3. The standard InChI is InChI=1S/C10H17N7/c1-3-8(11)4-9-5-17(7-12-9)6-10-13-15-16(2)14-10/h5,7-8H,3-4,6,11H2,1-2H3. The molecule has 0 spiro atoms. The summed E-state index contributed by atoms with van der Waals surface area (Å²) < 4.78 is 1.94. The Kier molecular flexibility index (Phi) is 3.48. The molecule has 92 valence electrons. The largest absolute Gasteiger partial charge is 0.329 e. The number of nitrogens with zero attached hydrogens (tertiary/aromatic N) is 6. The summed E-state index contributed by atoms with van der Waals surface area (Å²) in [6.07, 6.45) is 5.51. The lowest BCUT2D eigenvalue weighted by Gasteiger charge is -2.04. The first-order chi connectivity index (χ1) is 8.17. The fourth-order valence-corrected chi connectivity index (χ4v) is 1.56. The van der Waals surface area contributed by atoms with Crippen LogP contribution in [0.5, 0.6) is 0 Å². The Morgan fingerprint density at radius 3 is 2.94 bits per heavy atom. The first-order valence-corrected chi connectivity index (χ1v) is 5.66. The van der Waals surface area contributed by atoms with E-state index < -0.39 is 0 Å². The maximum Gasteiger partial charge on any atom is 0.194 e. The Bertz CT molecular complexity index is 472. The first-order valence-electron chi connectivity index (χ1n) is 5.66. The number of aryl methyl sites for hydroxylation is 1. The van der Waals surface area contributed by atoms with Crippen LogP contribution in [0.2, 0.25) is 0 Å². The third kappa shape index (κ3) is 3.10. The van der Waals surface area contributed by atoms with Crippen LogP contribution in [0.25, 0.3) is 0 Å². The van der Waals surface area contributed by atoms with Crippen molar-refractivity contribution in [1.82, 2.24) is 29.8 Å². The number of imidazole rings is 1. The minimum absolute atomic E-state index is 0.174. The van der Waals surface area contributed by atoms with E-state index in [0.717, 1.165) is 18.5 Å². The van der Waals surface area contributed by atoms with Gasteiger partial charge in [0, 0.05) is 18.7 Å². The van der Waals surface area contributed by atoms with Gasteiger partial charge in [0.1, 0.15) is 0 Å². The fraction of sp³-hybridized carbons (Fsp3) is 0.600. The van der Waals surface area contributed by atoms with Gasteiger partial charge < -0.3 is 10.3 Å². The van der Waals surface area contributed by atoms with E-state index in [1.807, 2.05) is 10.8 Å². The summed E-state index contributed by atoms with van der Waals surface area (Å²) in [4.78, 5) is 5.75. The number of hydrogen-bond donors (Lipinski definition) is 1. The summed E-state index contributed by atoms with van der Waals surface area (Å²) in [5, 5.41) is 11.8. The molecular formula is C10H17N7. The van der Waals surface area contributed by atoms with Crippen molar-refractivity contribution in [3.63, 3.8) is 0 Å². The summed E-state index contributed by atoms with van der Waals surface area (Å²) in [6.45, 7) is 2.66. The van der Waals surface area contributed by atoms with Crippen molar-refractivity contribution in [3.05, 3.63) is 24.0 Å². The van der Waals surface area contributed by atoms with Gasteiger partial charge in [0.05, 0.1) is 25.6 Å². The molecule has 7 nitrogen and oxygen atoms in total. The highest BCUT2D eigenvalue weighted by Crippen LogP contribution is 2.03. The minimum Gasteiger partial charge on any atom is -0.329 e. The molecule has 0 bridgehead atoms. The lowest BCUT2D eigenvalue weighted by molar-refractivity contribution is 0.624. The second-order valence-corrected chi connectivity index (χ2v) is 4.10. The third-order valence-electron chi connectivity index (χ3n) is 2.56. The van der Waals surface area contributed by atoms with E-state index in [1.165, 1.54) is 4.80 Å². The molecule has 17 heavy (non-hydrogen) atoms. The highest BCUT2D eigenvalue weighted by molar-refractivity contribution is 5.00. The second-order valence-electron chi connectivity index (χ2n) is 4.10. The van der Waals surface area contributed by atoms with Crippen molar-refractivity contribution < 1.29 is 0 Å². The van der Waals surface area contributed by atoms with Gasteiger partial charge in [-0.1, -0.05) is 6.92 Å². The fourth-order valence-electron chi connectivity index (χ4n) is 1.56. The van der Waals surface area contributed by atoms with Crippen LogP contribution >= 0.6 is 0 Å². The van der Waals surface area contributed by atoms with E-state index in [9.17, 15) is 0 Å². The quantitative estimate of drug-likeness (QED) is 0.771. The van der Waals surface area contributed by atoms with Crippen LogP contribution in [0.1, 0.15) is 24.9 Å². The van der Waals surface area contributed by atoms with Crippen LogP contribution in [0, 0.1) is 0 Å². The van der Waals surface area contributed by atoms with Gasteiger partial charge in [0.15, 0.2) is 5.82 Å². The Labute approximate surface area is 99.6 Å². The number of rotatable bonds is 5. The average molecular weight is 235 g/mol. The number of nitrogens with two attached hydrogens (primary N) is 1. The summed E-state index contributed by atoms with van der Waals surface area (Å²) in [6, 6.07) is 0.174. The summed E-state index contributed by atoms with van der Waals surface area (Å²) in [5.74, 6) is 0.677. The molecule has 0 aliphatic heterocycles. The monoisotopic (exact) mass is 235 g/mol. The molecule has 2 rings (SSSR count). The van der Waals surface area contributed by atoms with Crippen LogP contribution in [-0.4, -0.2) is 35.8 Å². The minimum atomic E-state index is 0.174. The number of aromatic nitrogens is 6. The average Bonchev–Trinajstić information content (AvgIpc) is 2.89. The smallest absolute Gasteiger partial charge is 0.194 e. The molecular weight excluding hydrogens is 218 g/mol. The van der Waals surface area contributed by atoms with Crippen LogP contribution < -0.4 is 5.73 Å².